The zero-order chi connectivity index (χ0) is 18.5. The van der Waals surface area contributed by atoms with Gasteiger partial charge in [-0.25, -0.2) is 0 Å². The van der Waals surface area contributed by atoms with E-state index in [-0.39, 0.29) is 12.0 Å². The van der Waals surface area contributed by atoms with Crippen molar-refractivity contribution in [2.75, 3.05) is 13.2 Å². The Labute approximate surface area is 163 Å². The van der Waals surface area contributed by atoms with Gasteiger partial charge in [-0.05, 0) is 37.5 Å². The minimum atomic E-state index is -0.0207. The van der Waals surface area contributed by atoms with Crippen molar-refractivity contribution in [2.45, 2.75) is 122 Å². The van der Waals surface area contributed by atoms with E-state index in [4.69, 9.17) is 0 Å². The maximum atomic E-state index is 10.7. The molecule has 0 heterocycles. The summed E-state index contributed by atoms with van der Waals surface area (Å²) < 4.78 is 0. The summed E-state index contributed by atoms with van der Waals surface area (Å²) in [5.41, 5.74) is -0.0207. The van der Waals surface area contributed by atoms with E-state index < -0.39 is 0 Å². The first-order chi connectivity index (χ1) is 12.8. The summed E-state index contributed by atoms with van der Waals surface area (Å²) in [4.78, 5) is 0. The molecule has 2 atom stereocenters. The Morgan fingerprint density at radius 3 is 1.42 bits per heavy atom. The molecule has 0 aromatic carbocycles. The van der Waals surface area contributed by atoms with Crippen LogP contribution in [0.4, 0.5) is 0 Å². The van der Waals surface area contributed by atoms with Crippen LogP contribution in [0.15, 0.2) is 0 Å². The average molecular weight is 367 g/mol. The van der Waals surface area contributed by atoms with Crippen LogP contribution in [0.5, 0.6) is 0 Å². The molecule has 2 aliphatic rings. The van der Waals surface area contributed by atoms with Gasteiger partial charge in [-0.1, -0.05) is 96.3 Å². The quantitative estimate of drug-likeness (QED) is 0.588. The molecule has 0 aromatic rings. The predicted octanol–water partition coefficient (Wildman–Crippen LogP) is 6.63. The van der Waals surface area contributed by atoms with Crippen LogP contribution in [0.2, 0.25) is 0 Å². The lowest BCUT2D eigenvalue weighted by molar-refractivity contribution is -0.0427. The first-order valence-electron chi connectivity index (χ1n) is 12.0. The van der Waals surface area contributed by atoms with Gasteiger partial charge in [0.2, 0.25) is 0 Å². The van der Waals surface area contributed by atoms with E-state index in [9.17, 15) is 10.2 Å². The van der Waals surface area contributed by atoms with Gasteiger partial charge in [0.05, 0.1) is 0 Å². The maximum absolute atomic E-state index is 10.7. The molecule has 2 unspecified atom stereocenters. The highest BCUT2D eigenvalue weighted by molar-refractivity contribution is 4.92. The van der Waals surface area contributed by atoms with E-state index in [2.05, 4.69) is 0 Å². The Bertz CT molecular complexity index is 331. The van der Waals surface area contributed by atoms with Crippen molar-refractivity contribution in [3.05, 3.63) is 0 Å². The fraction of sp³-hybridized carbons (Fsp3) is 1.00. The summed E-state index contributed by atoms with van der Waals surface area (Å²) in [6.45, 7) is 0.569. The molecule has 0 aliphatic heterocycles. The fourth-order valence-electron chi connectivity index (χ4n) is 5.93. The maximum Gasteiger partial charge on any atom is 0.0493 e. The van der Waals surface area contributed by atoms with E-state index in [1.165, 1.54) is 109 Å². The molecule has 2 heteroatoms. The molecular weight excluding hydrogens is 320 g/mol. The molecule has 2 nitrogen and oxygen atoms in total. The van der Waals surface area contributed by atoms with Crippen LogP contribution in [0.1, 0.15) is 122 Å². The normalized spacial score (nSPS) is 32.3. The van der Waals surface area contributed by atoms with Gasteiger partial charge in [0.15, 0.2) is 0 Å². The third-order valence-corrected chi connectivity index (χ3v) is 7.69. The van der Waals surface area contributed by atoms with Crippen LogP contribution >= 0.6 is 0 Å². The van der Waals surface area contributed by atoms with Gasteiger partial charge in [-0.15, -0.1) is 0 Å². The summed E-state index contributed by atoms with van der Waals surface area (Å²) in [6.07, 6.45) is 25.0. The lowest BCUT2D eigenvalue weighted by Crippen LogP contribution is -2.43. The van der Waals surface area contributed by atoms with Gasteiger partial charge in [0.25, 0.3) is 0 Å². The monoisotopic (exact) mass is 366 g/mol. The van der Waals surface area contributed by atoms with E-state index in [1.54, 1.807) is 0 Å². The Morgan fingerprint density at radius 2 is 0.962 bits per heavy atom. The van der Waals surface area contributed by atoms with Crippen molar-refractivity contribution in [1.82, 2.24) is 0 Å². The van der Waals surface area contributed by atoms with Crippen LogP contribution in [-0.2, 0) is 0 Å². The molecule has 2 N–H and O–H groups in total. The van der Waals surface area contributed by atoms with Crippen LogP contribution < -0.4 is 0 Å². The molecule has 2 saturated carbocycles. The Kier molecular flexibility index (Phi) is 11.2. The van der Waals surface area contributed by atoms with Gasteiger partial charge in [0, 0.05) is 18.6 Å². The smallest absolute Gasteiger partial charge is 0.0493 e. The van der Waals surface area contributed by atoms with Gasteiger partial charge >= 0.3 is 0 Å². The summed E-state index contributed by atoms with van der Waals surface area (Å²) >= 11 is 0. The molecule has 154 valence electrons. The number of hydrogen-bond acceptors (Lipinski definition) is 2. The molecule has 26 heavy (non-hydrogen) atoms. The molecule has 0 aromatic heterocycles. The SMILES string of the molecule is OCC1CCCCCCCCCC1(CO)C1CCCCCCCCCC1. The standard InChI is InChI=1S/C24H46O2/c25-20-23-18-14-10-6-3-7-11-15-19-24(23,21-26)22-16-12-8-4-1-2-5-9-13-17-22/h22-23,25-26H,1-21H2. The van der Waals surface area contributed by atoms with E-state index in [0.29, 0.717) is 18.4 Å². The van der Waals surface area contributed by atoms with Gasteiger partial charge in [-0.3, -0.25) is 0 Å². The lowest BCUT2D eigenvalue weighted by atomic mass is 9.60. The zero-order valence-corrected chi connectivity index (χ0v) is 17.4. The number of hydrogen-bond donors (Lipinski definition) is 2. The molecule has 0 radical (unpaired) electrons. The summed E-state index contributed by atoms with van der Waals surface area (Å²) in [7, 11) is 0. The third kappa shape index (κ3) is 6.82. The lowest BCUT2D eigenvalue weighted by Gasteiger charge is -2.46. The van der Waals surface area contributed by atoms with Crippen LogP contribution in [0, 0.1) is 17.3 Å². The highest BCUT2D eigenvalue weighted by Gasteiger charge is 2.43. The molecule has 2 rings (SSSR count). The minimum Gasteiger partial charge on any atom is -0.396 e. The van der Waals surface area contributed by atoms with Gasteiger partial charge < -0.3 is 10.2 Å². The Morgan fingerprint density at radius 1 is 0.538 bits per heavy atom. The third-order valence-electron chi connectivity index (χ3n) is 7.69. The van der Waals surface area contributed by atoms with Crippen molar-refractivity contribution in [3.8, 4) is 0 Å². The van der Waals surface area contributed by atoms with E-state index in [0.717, 1.165) is 12.8 Å². The number of aliphatic hydroxyl groups excluding tert-OH is 2. The highest BCUT2D eigenvalue weighted by Crippen LogP contribution is 2.48. The molecule has 0 saturated heterocycles. The van der Waals surface area contributed by atoms with Crippen molar-refractivity contribution < 1.29 is 10.2 Å². The first kappa shape index (κ1) is 22.2. The topological polar surface area (TPSA) is 40.5 Å². The minimum absolute atomic E-state index is 0.0207. The number of aliphatic hydroxyl groups is 2. The van der Waals surface area contributed by atoms with Crippen LogP contribution in [-0.4, -0.2) is 23.4 Å². The Hall–Kier alpha value is -0.0800. The summed E-state index contributed by atoms with van der Waals surface area (Å²) in [6, 6.07) is 0. The van der Waals surface area contributed by atoms with Crippen molar-refractivity contribution >= 4 is 0 Å². The molecule has 2 aliphatic carbocycles. The molecule has 0 amide bonds. The summed E-state index contributed by atoms with van der Waals surface area (Å²) in [5.74, 6) is 0.921. The molecule has 0 bridgehead atoms. The second kappa shape index (κ2) is 13.2. The van der Waals surface area contributed by atoms with Gasteiger partial charge in [0.1, 0.15) is 0 Å². The highest BCUT2D eigenvalue weighted by atomic mass is 16.3. The van der Waals surface area contributed by atoms with Crippen molar-refractivity contribution in [3.63, 3.8) is 0 Å². The van der Waals surface area contributed by atoms with E-state index in [1.807, 2.05) is 0 Å². The second-order valence-electron chi connectivity index (χ2n) is 9.39. The second-order valence-corrected chi connectivity index (χ2v) is 9.39. The van der Waals surface area contributed by atoms with Crippen molar-refractivity contribution in [1.29, 1.82) is 0 Å². The summed E-state index contributed by atoms with van der Waals surface area (Å²) in [5, 5.41) is 21.0. The zero-order valence-electron chi connectivity index (χ0n) is 17.4. The van der Waals surface area contributed by atoms with Gasteiger partial charge in [-0.2, -0.15) is 0 Å². The average Bonchev–Trinajstić information content (AvgIpc) is 2.76. The number of rotatable bonds is 3. The predicted molar refractivity (Wildman–Crippen MR) is 111 cm³/mol. The first-order valence-corrected chi connectivity index (χ1v) is 12.0. The molecule has 0 spiro atoms. The Balaban J connectivity index is 2.16. The van der Waals surface area contributed by atoms with Crippen molar-refractivity contribution in [2.24, 2.45) is 17.3 Å². The van der Waals surface area contributed by atoms with E-state index >= 15 is 0 Å². The van der Waals surface area contributed by atoms with Crippen LogP contribution in [0.25, 0.3) is 0 Å². The fourth-order valence-corrected chi connectivity index (χ4v) is 5.93. The molecular formula is C24H46O2. The molecule has 2 fully saturated rings. The van der Waals surface area contributed by atoms with Crippen LogP contribution in [0.3, 0.4) is 0 Å². The largest absolute Gasteiger partial charge is 0.396 e.